The summed E-state index contributed by atoms with van der Waals surface area (Å²) in [6.45, 7) is -1.75. The third-order valence-corrected chi connectivity index (χ3v) is 4.65. The molecule has 2 aromatic rings. The maximum atomic E-state index is 12.3. The van der Waals surface area contributed by atoms with E-state index in [-0.39, 0.29) is 42.2 Å². The summed E-state index contributed by atoms with van der Waals surface area (Å²) >= 11 is 0. The van der Waals surface area contributed by atoms with Crippen LogP contribution in [0.5, 0.6) is 11.5 Å². The van der Waals surface area contributed by atoms with Crippen LogP contribution in [0.1, 0.15) is 11.1 Å². The molecule has 2 aromatic carbocycles. The highest BCUT2D eigenvalue weighted by Gasteiger charge is 2.11. The van der Waals surface area contributed by atoms with Crippen LogP contribution in [0.25, 0.3) is 0 Å². The van der Waals surface area contributed by atoms with Crippen molar-refractivity contribution < 1.29 is 23.0 Å². The number of aliphatic imine (C=N–C) groups is 1. The Balaban J connectivity index is 0.00000544. The fourth-order valence-corrected chi connectivity index (χ4v) is 2.83. The fourth-order valence-electron chi connectivity index (χ4n) is 2.83. The zero-order valence-corrected chi connectivity index (χ0v) is 21.6. The number of halogens is 3. The second kappa shape index (κ2) is 14.5. The molecule has 7 nitrogen and oxygen atoms in total. The Hall–Kier alpha value is -2.63. The Morgan fingerprint density at radius 1 is 1.00 bits per heavy atom. The van der Waals surface area contributed by atoms with Crippen molar-refractivity contribution in [2.45, 2.75) is 19.6 Å². The van der Waals surface area contributed by atoms with Crippen LogP contribution in [-0.4, -0.2) is 69.6 Å². The highest BCUT2D eigenvalue weighted by Crippen LogP contribution is 2.16. The van der Waals surface area contributed by atoms with Gasteiger partial charge in [0, 0.05) is 34.2 Å². The van der Waals surface area contributed by atoms with Crippen LogP contribution in [0, 0.1) is 0 Å². The maximum Gasteiger partial charge on any atom is 0.387 e. The van der Waals surface area contributed by atoms with Gasteiger partial charge in [-0.1, -0.05) is 24.3 Å². The molecule has 1 N–H and O–H groups in total. The molecule has 0 saturated heterocycles. The average molecular weight is 576 g/mol. The maximum absolute atomic E-state index is 12.3. The summed E-state index contributed by atoms with van der Waals surface area (Å²) < 4.78 is 34.2. The van der Waals surface area contributed by atoms with Crippen LogP contribution in [-0.2, 0) is 17.8 Å². The summed E-state index contributed by atoms with van der Waals surface area (Å²) in [4.78, 5) is 19.8. The topological polar surface area (TPSA) is 66.4 Å². The van der Waals surface area contributed by atoms with Crippen molar-refractivity contribution in [2.24, 2.45) is 4.99 Å². The normalized spacial score (nSPS) is 10.9. The fraction of sp³-hybridized carbons (Fsp3) is 0.391. The summed E-state index contributed by atoms with van der Waals surface area (Å²) in [6, 6.07) is 14.3. The molecule has 0 spiro atoms. The SMILES string of the molecule is COc1ccc(CCNC(=NCC(=O)N(C)C)N(C)Cc2ccc(OC(F)F)cc2)cc1.I. The van der Waals surface area contributed by atoms with Gasteiger partial charge in [0.25, 0.3) is 0 Å². The Kier molecular flexibility index (Phi) is 12.5. The number of rotatable bonds is 10. The van der Waals surface area contributed by atoms with E-state index in [1.54, 1.807) is 33.3 Å². The van der Waals surface area contributed by atoms with E-state index in [1.165, 1.54) is 17.0 Å². The van der Waals surface area contributed by atoms with Crippen LogP contribution in [0.15, 0.2) is 53.5 Å². The van der Waals surface area contributed by atoms with Crippen molar-refractivity contribution in [3.63, 3.8) is 0 Å². The Labute approximate surface area is 210 Å². The number of methoxy groups -OCH3 is 1. The zero-order valence-electron chi connectivity index (χ0n) is 19.3. The number of hydrogen-bond acceptors (Lipinski definition) is 4. The summed E-state index contributed by atoms with van der Waals surface area (Å²) in [5.41, 5.74) is 2.02. The molecule has 0 bridgehead atoms. The minimum atomic E-state index is -2.86. The highest BCUT2D eigenvalue weighted by atomic mass is 127. The van der Waals surface area contributed by atoms with Crippen molar-refractivity contribution in [3.05, 3.63) is 59.7 Å². The van der Waals surface area contributed by atoms with E-state index in [0.717, 1.165) is 23.3 Å². The quantitative estimate of drug-likeness (QED) is 0.266. The molecular formula is C23H31F2IN4O3. The summed E-state index contributed by atoms with van der Waals surface area (Å²) in [7, 11) is 6.84. The highest BCUT2D eigenvalue weighted by molar-refractivity contribution is 14.0. The molecule has 2 rings (SSSR count). The van der Waals surface area contributed by atoms with E-state index < -0.39 is 6.61 Å². The van der Waals surface area contributed by atoms with E-state index >= 15 is 0 Å². The van der Waals surface area contributed by atoms with Crippen LogP contribution in [0.3, 0.4) is 0 Å². The smallest absolute Gasteiger partial charge is 0.387 e. The molecule has 0 radical (unpaired) electrons. The van der Waals surface area contributed by atoms with Gasteiger partial charge in [0.1, 0.15) is 18.0 Å². The molecular weight excluding hydrogens is 545 g/mol. The first kappa shape index (κ1) is 28.4. The predicted molar refractivity (Wildman–Crippen MR) is 136 cm³/mol. The first-order chi connectivity index (χ1) is 15.3. The van der Waals surface area contributed by atoms with Gasteiger partial charge in [-0.3, -0.25) is 4.79 Å². The lowest BCUT2D eigenvalue weighted by atomic mass is 10.1. The third kappa shape index (κ3) is 10.2. The van der Waals surface area contributed by atoms with Crippen LogP contribution in [0.2, 0.25) is 0 Å². The molecule has 0 saturated carbocycles. The molecule has 0 fully saturated rings. The standard InChI is InChI=1S/C23H30F2N4O3.HI/c1-28(2)21(30)15-27-23(26-14-13-17-5-9-19(31-4)10-6-17)29(3)16-18-7-11-20(12-8-18)32-22(24)25;/h5-12,22H,13-16H2,1-4H3,(H,26,27);1H. The van der Waals surface area contributed by atoms with Gasteiger partial charge in [0.15, 0.2) is 5.96 Å². The van der Waals surface area contributed by atoms with E-state index in [0.29, 0.717) is 19.0 Å². The molecule has 0 atom stereocenters. The monoisotopic (exact) mass is 576 g/mol. The number of alkyl halides is 2. The summed E-state index contributed by atoms with van der Waals surface area (Å²) in [6.07, 6.45) is 0.762. The molecule has 1 amide bonds. The summed E-state index contributed by atoms with van der Waals surface area (Å²) in [5.74, 6) is 1.37. The van der Waals surface area contributed by atoms with Crippen molar-refractivity contribution in [2.75, 3.05) is 41.3 Å². The number of amides is 1. The lowest BCUT2D eigenvalue weighted by molar-refractivity contribution is -0.127. The molecule has 0 aliphatic heterocycles. The van der Waals surface area contributed by atoms with E-state index in [4.69, 9.17) is 4.74 Å². The molecule has 0 aliphatic rings. The van der Waals surface area contributed by atoms with Gasteiger partial charge in [0.2, 0.25) is 5.91 Å². The van der Waals surface area contributed by atoms with Crippen LogP contribution < -0.4 is 14.8 Å². The number of ether oxygens (including phenoxy) is 2. The molecule has 0 unspecified atom stereocenters. The first-order valence-corrected chi connectivity index (χ1v) is 10.1. The van der Waals surface area contributed by atoms with Crippen molar-refractivity contribution >= 4 is 35.8 Å². The van der Waals surface area contributed by atoms with E-state index in [9.17, 15) is 13.6 Å². The number of hydrogen-bond donors (Lipinski definition) is 1. The lowest BCUT2D eigenvalue weighted by Gasteiger charge is -2.23. The molecule has 0 aliphatic carbocycles. The summed E-state index contributed by atoms with van der Waals surface area (Å²) in [5, 5.41) is 3.30. The molecule has 182 valence electrons. The van der Waals surface area contributed by atoms with Gasteiger partial charge in [0.05, 0.1) is 7.11 Å². The largest absolute Gasteiger partial charge is 0.497 e. The zero-order chi connectivity index (χ0) is 23.5. The number of likely N-dealkylation sites (N-methyl/N-ethyl adjacent to an activating group) is 1. The number of carbonyl (C=O) groups excluding carboxylic acids is 1. The van der Waals surface area contributed by atoms with Crippen LogP contribution >= 0.6 is 24.0 Å². The van der Waals surface area contributed by atoms with E-state index in [1.807, 2.05) is 36.2 Å². The second-order valence-corrected chi connectivity index (χ2v) is 7.33. The van der Waals surface area contributed by atoms with Crippen molar-refractivity contribution in [3.8, 4) is 11.5 Å². The predicted octanol–water partition coefficient (Wildman–Crippen LogP) is 3.62. The molecule has 33 heavy (non-hydrogen) atoms. The number of benzene rings is 2. The number of nitrogens with zero attached hydrogens (tertiary/aromatic N) is 3. The van der Waals surface area contributed by atoms with Gasteiger partial charge in [-0.2, -0.15) is 8.78 Å². The first-order valence-electron chi connectivity index (χ1n) is 10.1. The molecule has 10 heteroatoms. The average Bonchev–Trinajstić information content (AvgIpc) is 2.77. The molecule has 0 aromatic heterocycles. The van der Waals surface area contributed by atoms with Gasteiger partial charge in [-0.05, 0) is 41.8 Å². The van der Waals surface area contributed by atoms with Crippen molar-refractivity contribution in [1.82, 2.24) is 15.1 Å². The van der Waals surface area contributed by atoms with Crippen LogP contribution in [0.4, 0.5) is 8.78 Å². The Morgan fingerprint density at radius 2 is 1.58 bits per heavy atom. The lowest BCUT2D eigenvalue weighted by Crippen LogP contribution is -2.40. The van der Waals surface area contributed by atoms with Gasteiger partial charge >= 0.3 is 6.61 Å². The van der Waals surface area contributed by atoms with Gasteiger partial charge in [-0.15, -0.1) is 24.0 Å². The van der Waals surface area contributed by atoms with Gasteiger partial charge in [-0.25, -0.2) is 4.99 Å². The van der Waals surface area contributed by atoms with E-state index in [2.05, 4.69) is 15.0 Å². The molecule has 0 heterocycles. The third-order valence-electron chi connectivity index (χ3n) is 4.65. The minimum Gasteiger partial charge on any atom is -0.497 e. The second-order valence-electron chi connectivity index (χ2n) is 7.33. The van der Waals surface area contributed by atoms with Crippen molar-refractivity contribution in [1.29, 1.82) is 0 Å². The number of carbonyl (C=O) groups is 1. The van der Waals surface area contributed by atoms with Gasteiger partial charge < -0.3 is 24.6 Å². The number of nitrogens with one attached hydrogen (secondary N) is 1. The Morgan fingerprint density at radius 3 is 2.12 bits per heavy atom. The Bertz CT molecular complexity index is 878. The minimum absolute atomic E-state index is 0. The number of guanidine groups is 1.